The number of alkyl halides is 3. The fourth-order valence-electron chi connectivity index (χ4n) is 11.9. The van der Waals surface area contributed by atoms with Gasteiger partial charge in [0.05, 0.1) is 56.7 Å². The number of carbonyl (C=O) groups excluding carboxylic acids is 4. The Morgan fingerprint density at radius 1 is 0.648 bits per heavy atom. The van der Waals surface area contributed by atoms with Crippen LogP contribution in [0.4, 0.5) is 13.2 Å². The molecule has 2 heterocycles. The molecule has 15 atom stereocenters. The minimum atomic E-state index is -5.51. The number of rotatable bonds is 26. The molecule has 88 heavy (non-hydrogen) atoms. The molecule has 2 saturated carbocycles. The van der Waals surface area contributed by atoms with Crippen molar-refractivity contribution < 1.29 is 89.6 Å². The molecule has 2 aliphatic carbocycles. The van der Waals surface area contributed by atoms with Crippen LogP contribution in [0.3, 0.4) is 0 Å². The summed E-state index contributed by atoms with van der Waals surface area (Å²) in [6.07, 6.45) is -16.5. The Hall–Kier alpha value is -6.85. The van der Waals surface area contributed by atoms with Gasteiger partial charge in [0.2, 0.25) is 0 Å². The van der Waals surface area contributed by atoms with Crippen LogP contribution in [-0.2, 0) is 92.9 Å². The Bertz CT molecular complexity index is 2960. The first-order valence-corrected chi connectivity index (χ1v) is 30.1. The first-order chi connectivity index (χ1) is 42.6. The number of aliphatic hydroxyl groups is 1. The van der Waals surface area contributed by atoms with Crippen molar-refractivity contribution in [1.29, 1.82) is 0 Å². The first kappa shape index (κ1) is 65.6. The lowest BCUT2D eigenvalue weighted by atomic mass is 9.77. The molecule has 2 aliphatic heterocycles. The Morgan fingerprint density at radius 3 is 1.73 bits per heavy atom. The van der Waals surface area contributed by atoms with Crippen LogP contribution in [0.15, 0.2) is 164 Å². The van der Waals surface area contributed by atoms with Crippen LogP contribution in [0, 0.1) is 17.8 Å². The maximum atomic E-state index is 14.8. The molecule has 9 rings (SSSR count). The molecule has 4 aliphatic rings. The first-order valence-electron chi connectivity index (χ1n) is 30.1. The molecule has 0 aromatic heterocycles. The molecule has 2 N–H and O–H groups in total. The third-order valence-electron chi connectivity index (χ3n) is 16.6. The van der Waals surface area contributed by atoms with Crippen molar-refractivity contribution in [2.24, 2.45) is 17.8 Å². The Morgan fingerprint density at radius 2 is 1.18 bits per heavy atom. The molecule has 17 nitrogen and oxygen atoms in total. The van der Waals surface area contributed by atoms with Gasteiger partial charge in [0.25, 0.3) is 0 Å². The third-order valence-corrected chi connectivity index (χ3v) is 16.6. The Kier molecular flexibility index (Phi) is 23.9. The SMILES string of the molecule is C=CC1CC(C(=O)OC)C[C@@H](O[C@@H]2OC(COC(=O)c3ccccc3)[C@H](O)C(O[C@@H](CC3CCCCC3)C(=O)OCc3ccccc3)C2NC(=O)C(F)(F)F)[C@@H]1OC1O[C@@H](C)C(OCc2ccccc2)C(OCc2ccccc2)[C@@H]1OCc1ccccc1. The number of hydrogen-bond acceptors (Lipinski definition) is 16. The predicted octanol–water partition coefficient (Wildman–Crippen LogP) is 10.1. The Labute approximate surface area is 511 Å². The number of aliphatic hydroxyl groups excluding tert-OH is 1. The van der Waals surface area contributed by atoms with Crippen molar-refractivity contribution in [3.05, 3.63) is 192 Å². The maximum absolute atomic E-state index is 14.8. The number of ether oxygens (including phenoxy) is 11. The van der Waals surface area contributed by atoms with E-state index in [9.17, 15) is 37.5 Å². The molecular weight excluding hydrogens is 1140 g/mol. The molecule has 5 aromatic carbocycles. The Balaban J connectivity index is 1.10. The van der Waals surface area contributed by atoms with Gasteiger partial charge in [-0.3, -0.25) is 9.59 Å². The summed E-state index contributed by atoms with van der Waals surface area (Å²) < 4.78 is 115. The van der Waals surface area contributed by atoms with E-state index in [1.54, 1.807) is 54.6 Å². The zero-order valence-electron chi connectivity index (χ0n) is 49.4. The van der Waals surface area contributed by atoms with Gasteiger partial charge in [0, 0.05) is 5.92 Å². The number of amides is 1. The van der Waals surface area contributed by atoms with Crippen molar-refractivity contribution in [2.45, 2.75) is 171 Å². The lowest BCUT2D eigenvalue weighted by Crippen LogP contribution is -2.68. The minimum Gasteiger partial charge on any atom is -0.469 e. The van der Waals surface area contributed by atoms with Crippen molar-refractivity contribution in [2.75, 3.05) is 13.7 Å². The van der Waals surface area contributed by atoms with Crippen molar-refractivity contribution >= 4 is 23.8 Å². The van der Waals surface area contributed by atoms with Gasteiger partial charge in [0.15, 0.2) is 18.7 Å². The highest BCUT2D eigenvalue weighted by Crippen LogP contribution is 2.41. The molecule has 0 spiro atoms. The summed E-state index contributed by atoms with van der Waals surface area (Å²) in [5.41, 5.74) is 3.33. The van der Waals surface area contributed by atoms with E-state index in [0.717, 1.165) is 36.0 Å². The molecule has 5 aromatic rings. The van der Waals surface area contributed by atoms with E-state index in [4.69, 9.17) is 52.1 Å². The summed E-state index contributed by atoms with van der Waals surface area (Å²) in [6, 6.07) is 43.2. The van der Waals surface area contributed by atoms with Crippen molar-refractivity contribution in [3.63, 3.8) is 0 Å². The zero-order valence-corrected chi connectivity index (χ0v) is 49.4. The quantitative estimate of drug-likeness (QED) is 0.0300. The molecule has 20 heteroatoms. The second-order valence-corrected chi connectivity index (χ2v) is 22.8. The normalized spacial score (nSPS) is 27.9. The molecule has 0 bridgehead atoms. The largest absolute Gasteiger partial charge is 0.471 e. The van der Waals surface area contributed by atoms with Crippen LogP contribution < -0.4 is 5.32 Å². The van der Waals surface area contributed by atoms with Crippen molar-refractivity contribution in [1.82, 2.24) is 5.32 Å². The summed E-state index contributed by atoms with van der Waals surface area (Å²) in [5.74, 6) is -6.63. The van der Waals surface area contributed by atoms with Crippen LogP contribution in [0.5, 0.6) is 0 Å². The number of nitrogens with one attached hydrogen (secondary N) is 1. The van der Waals surface area contributed by atoms with Crippen LogP contribution >= 0.6 is 0 Å². The lowest BCUT2D eigenvalue weighted by molar-refractivity contribution is -0.350. The van der Waals surface area contributed by atoms with E-state index in [1.165, 1.54) is 19.2 Å². The van der Waals surface area contributed by atoms with E-state index in [0.29, 0.717) is 18.4 Å². The minimum absolute atomic E-state index is 0.0404. The van der Waals surface area contributed by atoms with Gasteiger partial charge in [-0.2, -0.15) is 13.2 Å². The highest BCUT2D eigenvalue weighted by molar-refractivity contribution is 5.89. The average Bonchev–Trinajstić information content (AvgIpc) is 2.06. The van der Waals surface area contributed by atoms with Crippen LogP contribution in [-0.4, -0.2) is 128 Å². The smallest absolute Gasteiger partial charge is 0.469 e. The highest BCUT2D eigenvalue weighted by atomic mass is 19.4. The monoisotopic (exact) mass is 1220 g/mol. The predicted molar refractivity (Wildman–Crippen MR) is 313 cm³/mol. The van der Waals surface area contributed by atoms with E-state index in [2.05, 4.69) is 6.58 Å². The van der Waals surface area contributed by atoms with Gasteiger partial charge in [-0.15, -0.1) is 6.58 Å². The van der Waals surface area contributed by atoms with Crippen LogP contribution in [0.1, 0.15) is 90.9 Å². The molecule has 8 unspecified atom stereocenters. The number of benzene rings is 5. The fraction of sp³-hybridized carbons (Fsp3) is 0.471. The van der Waals surface area contributed by atoms with Gasteiger partial charge in [-0.1, -0.05) is 178 Å². The number of halogens is 3. The lowest BCUT2D eigenvalue weighted by Gasteiger charge is -2.50. The molecule has 4 fully saturated rings. The van der Waals surface area contributed by atoms with Gasteiger partial charge < -0.3 is 62.5 Å². The van der Waals surface area contributed by atoms with Gasteiger partial charge in [0.1, 0.15) is 55.9 Å². The van der Waals surface area contributed by atoms with Crippen LogP contribution in [0.25, 0.3) is 0 Å². The summed E-state index contributed by atoms with van der Waals surface area (Å²) in [6.45, 7) is 5.39. The number of esters is 3. The molecule has 1 amide bonds. The summed E-state index contributed by atoms with van der Waals surface area (Å²) in [4.78, 5) is 55.2. The second-order valence-electron chi connectivity index (χ2n) is 22.8. The highest BCUT2D eigenvalue weighted by Gasteiger charge is 2.56. The molecule has 0 radical (unpaired) electrons. The van der Waals surface area contributed by atoms with E-state index < -0.39 is 128 Å². The molecule has 2 saturated heterocycles. The van der Waals surface area contributed by atoms with Gasteiger partial charge in [-0.05, 0) is 66.5 Å². The molecule has 472 valence electrons. The number of hydrogen-bond donors (Lipinski definition) is 2. The van der Waals surface area contributed by atoms with Gasteiger partial charge in [-0.25, -0.2) is 9.59 Å². The van der Waals surface area contributed by atoms with Gasteiger partial charge >= 0.3 is 30.0 Å². The topological polar surface area (TPSA) is 202 Å². The standard InChI is InChI=1S/C68H78F3NO16/c1-4-49-36-51(62(74)78-3)37-52(58(49)88-66-61(81-40-47-29-17-8-18-30-47)60(80-39-46-27-15-7-16-28-46)57(43(2)84-66)79-38-45-25-13-6-14-26-45)86-65-55(72-67(77)68(69,70)71)59(56(73)54(87-65)42-83-63(75)50-33-21-10-22-34-50)85-53(35-44-23-11-5-12-24-44)64(76)82-41-48-31-19-9-20-32-48/h4,6-10,13-22,25-34,43-44,49,51-61,65-66,73H,1,5,11-12,23-24,35-42H2,2-3H3,(H,72,77)/t43-,49?,51?,52+,53-,54?,55?,56-,57?,58+,59?,60?,61-,65+,66?/m0/s1. The molecular formula is C68H78F3NO16. The second kappa shape index (κ2) is 32.1. The average molecular weight is 1220 g/mol. The van der Waals surface area contributed by atoms with E-state index in [1.807, 2.05) is 103 Å². The summed E-state index contributed by atoms with van der Waals surface area (Å²) >= 11 is 0. The zero-order chi connectivity index (χ0) is 62.0. The maximum Gasteiger partial charge on any atom is 0.471 e. The van der Waals surface area contributed by atoms with Crippen molar-refractivity contribution in [3.8, 4) is 0 Å². The summed E-state index contributed by atoms with van der Waals surface area (Å²) in [5, 5.41) is 14.5. The summed E-state index contributed by atoms with van der Waals surface area (Å²) in [7, 11) is 1.22. The van der Waals surface area contributed by atoms with Crippen LogP contribution in [0.2, 0.25) is 0 Å². The third kappa shape index (κ3) is 17.9. The van der Waals surface area contributed by atoms with E-state index >= 15 is 0 Å². The fourth-order valence-corrected chi connectivity index (χ4v) is 11.9. The number of carbonyl (C=O) groups is 4. The number of methoxy groups -OCH3 is 1. The van der Waals surface area contributed by atoms with E-state index in [-0.39, 0.29) is 57.2 Å².